The Labute approximate surface area is 74.8 Å². The number of hydrogen-bond donors (Lipinski definition) is 5. The van der Waals surface area contributed by atoms with Gasteiger partial charge in [-0.25, -0.2) is 0 Å². The van der Waals surface area contributed by atoms with E-state index in [2.05, 4.69) is 0 Å². The summed E-state index contributed by atoms with van der Waals surface area (Å²) in [6.45, 7) is -1.28. The molecule has 5 nitrogen and oxygen atoms in total. The third kappa shape index (κ3) is 4.71. The number of hydrogen-bond acceptors (Lipinski definition) is 5. The molecule has 5 N–H and O–H groups in total. The van der Waals surface area contributed by atoms with Gasteiger partial charge < -0.3 is 25.5 Å². The van der Waals surface area contributed by atoms with Crippen molar-refractivity contribution in [3.8, 4) is 0 Å². The van der Waals surface area contributed by atoms with E-state index in [1.54, 1.807) is 0 Å². The minimum absolute atomic E-state index is 0. The van der Waals surface area contributed by atoms with Gasteiger partial charge in [0.25, 0.3) is 0 Å². The van der Waals surface area contributed by atoms with E-state index in [0.29, 0.717) is 0 Å². The van der Waals surface area contributed by atoms with Gasteiger partial charge in [0.1, 0.15) is 18.3 Å². The Bertz CT molecular complexity index is 80.9. The number of aliphatic hydroxyl groups excluding tert-OH is 5. The second kappa shape index (κ2) is 7.00. The first-order valence-corrected chi connectivity index (χ1v) is 2.89. The zero-order valence-electron chi connectivity index (χ0n) is 5.74. The van der Waals surface area contributed by atoms with Crippen molar-refractivity contribution < 1.29 is 42.6 Å². The van der Waals surface area contributed by atoms with Crippen LogP contribution in [-0.4, -0.2) is 57.1 Å². The predicted molar refractivity (Wildman–Crippen MR) is 32.2 cm³/mol. The van der Waals surface area contributed by atoms with Crippen molar-refractivity contribution in [1.29, 1.82) is 0 Å². The van der Waals surface area contributed by atoms with Crippen LogP contribution in [0.3, 0.4) is 0 Å². The fourth-order valence-electron chi connectivity index (χ4n) is 0.472. The van der Waals surface area contributed by atoms with Gasteiger partial charge in [-0.3, -0.25) is 0 Å². The van der Waals surface area contributed by atoms with E-state index in [1.165, 1.54) is 0 Å². The fraction of sp³-hybridized carbons (Fsp3) is 1.00. The summed E-state index contributed by atoms with van der Waals surface area (Å²) >= 11 is 0. The molecule has 0 saturated carbocycles. The molecule has 0 aromatic heterocycles. The normalized spacial score (nSPS) is 18.3. The summed E-state index contributed by atoms with van der Waals surface area (Å²) < 4.78 is 0. The maximum absolute atomic E-state index is 8.77. The molecule has 0 bridgehead atoms. The SMILES string of the molecule is OC[C@@H](O)[C@H](O)[C@@H](O)CO.[Fe]. The molecule has 0 aliphatic rings. The van der Waals surface area contributed by atoms with Crippen LogP contribution in [0, 0.1) is 0 Å². The van der Waals surface area contributed by atoms with Crippen molar-refractivity contribution in [3.05, 3.63) is 0 Å². The zero-order valence-corrected chi connectivity index (χ0v) is 6.84. The van der Waals surface area contributed by atoms with Crippen LogP contribution in [0.15, 0.2) is 0 Å². The molecule has 0 radical (unpaired) electrons. The Morgan fingerprint density at radius 2 is 1.09 bits per heavy atom. The van der Waals surface area contributed by atoms with Crippen LogP contribution in [0.1, 0.15) is 0 Å². The Morgan fingerprint density at radius 3 is 1.27 bits per heavy atom. The average molecular weight is 208 g/mol. The zero-order chi connectivity index (χ0) is 8.15. The van der Waals surface area contributed by atoms with Gasteiger partial charge in [-0.1, -0.05) is 0 Å². The summed E-state index contributed by atoms with van der Waals surface area (Å²) in [6.07, 6.45) is -4.29. The first-order valence-electron chi connectivity index (χ1n) is 2.89. The Kier molecular flexibility index (Phi) is 8.83. The molecule has 0 amide bonds. The fourth-order valence-corrected chi connectivity index (χ4v) is 0.472. The maximum atomic E-state index is 8.77. The van der Waals surface area contributed by atoms with Gasteiger partial charge in [-0.05, 0) is 0 Å². The maximum Gasteiger partial charge on any atom is 0.110 e. The second-order valence-electron chi connectivity index (χ2n) is 1.99. The molecule has 0 fully saturated rings. The van der Waals surface area contributed by atoms with Crippen LogP contribution in [0.5, 0.6) is 0 Å². The van der Waals surface area contributed by atoms with Gasteiger partial charge in [0.15, 0.2) is 0 Å². The predicted octanol–water partition coefficient (Wildman–Crippen LogP) is -2.95. The third-order valence-corrected chi connectivity index (χ3v) is 1.16. The number of aliphatic hydroxyl groups is 5. The molecule has 0 saturated heterocycles. The minimum atomic E-state index is -1.49. The minimum Gasteiger partial charge on any atom is -0.394 e. The van der Waals surface area contributed by atoms with Crippen LogP contribution < -0.4 is 0 Å². The molecule has 0 heterocycles. The number of rotatable bonds is 4. The molecule has 3 atom stereocenters. The van der Waals surface area contributed by atoms with Crippen LogP contribution in [-0.2, 0) is 17.1 Å². The van der Waals surface area contributed by atoms with Gasteiger partial charge in [0.2, 0.25) is 0 Å². The van der Waals surface area contributed by atoms with Crippen molar-refractivity contribution in [1.82, 2.24) is 0 Å². The van der Waals surface area contributed by atoms with Gasteiger partial charge in [0, 0.05) is 17.1 Å². The van der Waals surface area contributed by atoms with Gasteiger partial charge >= 0.3 is 0 Å². The van der Waals surface area contributed by atoms with E-state index in [1.807, 2.05) is 0 Å². The first kappa shape index (κ1) is 13.9. The van der Waals surface area contributed by atoms with Crippen molar-refractivity contribution in [3.63, 3.8) is 0 Å². The van der Waals surface area contributed by atoms with E-state index < -0.39 is 31.5 Å². The molecule has 0 aromatic rings. The molecule has 0 aromatic carbocycles. The molecule has 0 spiro atoms. The molecular weight excluding hydrogens is 196 g/mol. The monoisotopic (exact) mass is 208 g/mol. The summed E-state index contributed by atoms with van der Waals surface area (Å²) in [7, 11) is 0. The standard InChI is InChI=1S/C5H12O5.Fe/c6-1-3(8)5(10)4(9)2-7;/h3-10H,1-2H2;/t3-,4+,5+;. The Balaban J connectivity index is 0. The third-order valence-electron chi connectivity index (χ3n) is 1.16. The van der Waals surface area contributed by atoms with Crippen LogP contribution in [0.25, 0.3) is 0 Å². The molecule has 0 aliphatic heterocycles. The van der Waals surface area contributed by atoms with Crippen LogP contribution >= 0.6 is 0 Å². The molecule has 6 heteroatoms. The summed E-state index contributed by atoms with van der Waals surface area (Å²) in [5.41, 5.74) is 0. The molecule has 70 valence electrons. The van der Waals surface area contributed by atoms with Crippen molar-refractivity contribution >= 4 is 0 Å². The Hall–Kier alpha value is 0.319. The average Bonchev–Trinajstić information content (AvgIpc) is 2.00. The van der Waals surface area contributed by atoms with E-state index >= 15 is 0 Å². The topological polar surface area (TPSA) is 101 Å². The van der Waals surface area contributed by atoms with E-state index in [-0.39, 0.29) is 17.1 Å². The van der Waals surface area contributed by atoms with Crippen molar-refractivity contribution in [2.75, 3.05) is 13.2 Å². The van der Waals surface area contributed by atoms with Gasteiger partial charge in [-0.15, -0.1) is 0 Å². The molecule has 0 unspecified atom stereocenters. The molecular formula is C5H12FeO5. The summed E-state index contributed by atoms with van der Waals surface area (Å²) in [6, 6.07) is 0. The first-order chi connectivity index (χ1) is 4.63. The van der Waals surface area contributed by atoms with Gasteiger partial charge in [0.05, 0.1) is 13.2 Å². The summed E-state index contributed by atoms with van der Waals surface area (Å²) in [5, 5.41) is 42.6. The van der Waals surface area contributed by atoms with Crippen molar-refractivity contribution in [2.24, 2.45) is 0 Å². The summed E-state index contributed by atoms with van der Waals surface area (Å²) in [5.74, 6) is 0. The van der Waals surface area contributed by atoms with Crippen LogP contribution in [0.4, 0.5) is 0 Å². The van der Waals surface area contributed by atoms with Crippen LogP contribution in [0.2, 0.25) is 0 Å². The Morgan fingerprint density at radius 1 is 0.818 bits per heavy atom. The van der Waals surface area contributed by atoms with Crippen molar-refractivity contribution in [2.45, 2.75) is 18.3 Å². The molecule has 0 aliphatic carbocycles. The quantitative estimate of drug-likeness (QED) is 0.318. The molecule has 0 rings (SSSR count). The molecule has 11 heavy (non-hydrogen) atoms. The second-order valence-corrected chi connectivity index (χ2v) is 1.99. The van der Waals surface area contributed by atoms with E-state index in [0.717, 1.165) is 0 Å². The van der Waals surface area contributed by atoms with E-state index in [9.17, 15) is 0 Å². The van der Waals surface area contributed by atoms with E-state index in [4.69, 9.17) is 25.5 Å². The van der Waals surface area contributed by atoms with Gasteiger partial charge in [-0.2, -0.15) is 0 Å². The largest absolute Gasteiger partial charge is 0.394 e. The smallest absolute Gasteiger partial charge is 0.110 e. The summed E-state index contributed by atoms with van der Waals surface area (Å²) in [4.78, 5) is 0.